The smallest absolute Gasteiger partial charge is 0.0964 e. The summed E-state index contributed by atoms with van der Waals surface area (Å²) in [6.45, 7) is 6.42. The van der Waals surface area contributed by atoms with Gasteiger partial charge in [0.25, 0.3) is 0 Å². The Labute approximate surface area is 148 Å². The second kappa shape index (κ2) is 4.96. The third kappa shape index (κ3) is 1.91. The summed E-state index contributed by atoms with van der Waals surface area (Å²) in [4.78, 5) is 4.07. The number of nitrogens with one attached hydrogen (secondary N) is 1. The molecule has 1 fully saturated rings. The normalized spacial score (nSPS) is 30.4. The number of hydrogen-bond donors (Lipinski definition) is 2. The molecule has 24 heavy (non-hydrogen) atoms. The maximum atomic E-state index is 11.6. The zero-order chi connectivity index (χ0) is 17.2. The lowest BCUT2D eigenvalue weighted by molar-refractivity contribution is -0.0628. The molecule has 2 aliphatic rings. The van der Waals surface area contributed by atoms with E-state index in [0.717, 1.165) is 36.1 Å². The molecule has 0 radical (unpaired) electrons. The van der Waals surface area contributed by atoms with Crippen molar-refractivity contribution in [2.75, 3.05) is 5.32 Å². The molecule has 2 aromatic rings. The maximum absolute atomic E-state index is 11.6. The molecule has 2 N–H and O–H groups in total. The molecule has 1 aliphatic carbocycles. The summed E-state index contributed by atoms with van der Waals surface area (Å²) in [5.41, 5.74) is 2.97. The summed E-state index contributed by atoms with van der Waals surface area (Å²) < 4.78 is 0. The van der Waals surface area contributed by atoms with E-state index >= 15 is 0 Å². The van der Waals surface area contributed by atoms with Crippen LogP contribution in [-0.4, -0.2) is 21.2 Å². The van der Waals surface area contributed by atoms with Crippen molar-refractivity contribution in [2.24, 2.45) is 0 Å². The molecular weight excluding hydrogens is 320 g/mol. The van der Waals surface area contributed by atoms with Gasteiger partial charge in [0.2, 0.25) is 0 Å². The molecule has 3 nitrogen and oxygen atoms in total. The third-order valence-corrected chi connectivity index (χ3v) is 6.61. The third-order valence-electron chi connectivity index (χ3n) is 6.31. The minimum Gasteiger partial charge on any atom is -0.387 e. The van der Waals surface area contributed by atoms with Crippen molar-refractivity contribution < 1.29 is 5.11 Å². The maximum Gasteiger partial charge on any atom is 0.0964 e. The van der Waals surface area contributed by atoms with E-state index < -0.39 is 5.60 Å². The zero-order valence-corrected chi connectivity index (χ0v) is 15.1. The van der Waals surface area contributed by atoms with Crippen LogP contribution in [0, 0.1) is 0 Å². The second-order valence-electron chi connectivity index (χ2n) is 7.91. The van der Waals surface area contributed by atoms with Crippen LogP contribution in [0.5, 0.6) is 0 Å². The number of aromatic nitrogens is 1. The first-order chi connectivity index (χ1) is 11.3. The van der Waals surface area contributed by atoms with Gasteiger partial charge in [-0.1, -0.05) is 24.6 Å². The van der Waals surface area contributed by atoms with Crippen LogP contribution in [0.15, 0.2) is 36.7 Å². The molecule has 2 unspecified atom stereocenters. The standard InChI is InChI=1S/C20H23ClN2O/c1-18(2)20(24)9-4-8-19(20,3)15-11-13(5-6-17(15)23-18)14-7-10-22-12-16(14)21/h5-7,10-12,23-24H,4,8-9H2,1-3H3. The summed E-state index contributed by atoms with van der Waals surface area (Å²) in [7, 11) is 0. The predicted octanol–water partition coefficient (Wildman–Crippen LogP) is 4.78. The lowest BCUT2D eigenvalue weighted by Gasteiger charge is -2.55. The average molecular weight is 343 g/mol. The van der Waals surface area contributed by atoms with E-state index in [2.05, 4.69) is 49.3 Å². The second-order valence-corrected chi connectivity index (χ2v) is 8.32. The first-order valence-corrected chi connectivity index (χ1v) is 8.91. The zero-order valence-electron chi connectivity index (χ0n) is 14.4. The van der Waals surface area contributed by atoms with E-state index in [1.54, 1.807) is 12.4 Å². The van der Waals surface area contributed by atoms with Crippen LogP contribution in [0.1, 0.15) is 45.6 Å². The van der Waals surface area contributed by atoms with Crippen molar-refractivity contribution in [1.29, 1.82) is 0 Å². The Morgan fingerprint density at radius 1 is 1.17 bits per heavy atom. The van der Waals surface area contributed by atoms with E-state index in [4.69, 9.17) is 11.6 Å². The SMILES string of the molecule is CC1(C)Nc2ccc(-c3ccncc3Cl)cc2C2(C)CCCC12O. The average Bonchev–Trinajstić information content (AvgIpc) is 2.86. The van der Waals surface area contributed by atoms with Gasteiger partial charge in [-0.15, -0.1) is 0 Å². The van der Waals surface area contributed by atoms with Crippen LogP contribution in [0.25, 0.3) is 11.1 Å². The van der Waals surface area contributed by atoms with Crippen LogP contribution in [-0.2, 0) is 5.41 Å². The van der Waals surface area contributed by atoms with Gasteiger partial charge in [-0.25, -0.2) is 0 Å². The Hall–Kier alpha value is -1.58. The fourth-order valence-electron chi connectivity index (χ4n) is 4.87. The summed E-state index contributed by atoms with van der Waals surface area (Å²) in [6.07, 6.45) is 6.29. The molecule has 1 saturated carbocycles. The fourth-order valence-corrected chi connectivity index (χ4v) is 5.10. The Bertz CT molecular complexity index is 819. The molecule has 4 heteroatoms. The van der Waals surface area contributed by atoms with E-state index in [1.165, 1.54) is 5.56 Å². The van der Waals surface area contributed by atoms with Crippen LogP contribution < -0.4 is 5.32 Å². The number of aliphatic hydroxyl groups is 1. The first-order valence-electron chi connectivity index (χ1n) is 8.53. The molecule has 0 saturated heterocycles. The van der Waals surface area contributed by atoms with Crippen LogP contribution in [0.2, 0.25) is 5.02 Å². The van der Waals surface area contributed by atoms with Gasteiger partial charge < -0.3 is 10.4 Å². The molecule has 4 rings (SSSR count). The molecule has 2 atom stereocenters. The highest BCUT2D eigenvalue weighted by molar-refractivity contribution is 6.33. The molecule has 0 amide bonds. The molecule has 0 spiro atoms. The molecule has 0 bridgehead atoms. The van der Waals surface area contributed by atoms with Crippen molar-refractivity contribution >= 4 is 17.3 Å². The Balaban J connectivity index is 1.92. The predicted molar refractivity (Wildman–Crippen MR) is 98.5 cm³/mol. The summed E-state index contributed by atoms with van der Waals surface area (Å²) in [5, 5.41) is 15.8. The highest BCUT2D eigenvalue weighted by Gasteiger charge is 2.62. The van der Waals surface area contributed by atoms with Crippen molar-refractivity contribution in [1.82, 2.24) is 4.98 Å². The van der Waals surface area contributed by atoms with E-state index in [-0.39, 0.29) is 11.0 Å². The molecule has 1 aromatic carbocycles. The molecule has 1 aliphatic heterocycles. The quantitative estimate of drug-likeness (QED) is 0.784. The Morgan fingerprint density at radius 3 is 2.71 bits per heavy atom. The fraction of sp³-hybridized carbons (Fsp3) is 0.450. The van der Waals surface area contributed by atoms with Crippen LogP contribution in [0.4, 0.5) is 5.69 Å². The Kier molecular flexibility index (Phi) is 3.29. The lowest BCUT2D eigenvalue weighted by atomic mass is 9.60. The van der Waals surface area contributed by atoms with Crippen molar-refractivity contribution in [2.45, 2.75) is 56.6 Å². The number of fused-ring (bicyclic) bond motifs is 3. The number of rotatable bonds is 1. The highest BCUT2D eigenvalue weighted by atomic mass is 35.5. The highest BCUT2D eigenvalue weighted by Crippen LogP contribution is 2.58. The minimum atomic E-state index is -0.756. The molecule has 1 aromatic heterocycles. The van der Waals surface area contributed by atoms with Crippen molar-refractivity contribution in [3.63, 3.8) is 0 Å². The van der Waals surface area contributed by atoms with Crippen LogP contribution in [0.3, 0.4) is 0 Å². The van der Waals surface area contributed by atoms with Gasteiger partial charge in [-0.05, 0) is 62.4 Å². The molecular formula is C20H23ClN2O. The van der Waals surface area contributed by atoms with E-state index in [9.17, 15) is 5.11 Å². The van der Waals surface area contributed by atoms with Gasteiger partial charge >= 0.3 is 0 Å². The lowest BCUT2D eigenvalue weighted by Crippen LogP contribution is -2.65. The van der Waals surface area contributed by atoms with Gasteiger partial charge in [0.15, 0.2) is 0 Å². The van der Waals surface area contributed by atoms with Gasteiger partial charge in [-0.3, -0.25) is 4.98 Å². The number of benzene rings is 1. The van der Waals surface area contributed by atoms with Gasteiger partial charge in [0, 0.05) is 29.1 Å². The number of nitrogens with zero attached hydrogens (tertiary/aromatic N) is 1. The van der Waals surface area contributed by atoms with Gasteiger partial charge in [-0.2, -0.15) is 0 Å². The summed E-state index contributed by atoms with van der Waals surface area (Å²) >= 11 is 6.33. The minimum absolute atomic E-state index is 0.257. The van der Waals surface area contributed by atoms with Gasteiger partial charge in [0.05, 0.1) is 16.2 Å². The Morgan fingerprint density at radius 2 is 1.96 bits per heavy atom. The summed E-state index contributed by atoms with van der Waals surface area (Å²) in [5.74, 6) is 0. The summed E-state index contributed by atoms with van der Waals surface area (Å²) in [6, 6.07) is 8.33. The largest absolute Gasteiger partial charge is 0.387 e. The van der Waals surface area contributed by atoms with Gasteiger partial charge in [0.1, 0.15) is 0 Å². The van der Waals surface area contributed by atoms with E-state index in [0.29, 0.717) is 5.02 Å². The van der Waals surface area contributed by atoms with E-state index in [1.807, 2.05) is 6.07 Å². The van der Waals surface area contributed by atoms with Crippen molar-refractivity contribution in [3.05, 3.63) is 47.2 Å². The first kappa shape index (κ1) is 15.9. The number of hydrogen-bond acceptors (Lipinski definition) is 3. The monoisotopic (exact) mass is 342 g/mol. The van der Waals surface area contributed by atoms with Crippen molar-refractivity contribution in [3.8, 4) is 11.1 Å². The topological polar surface area (TPSA) is 45.2 Å². The molecule has 126 valence electrons. The van der Waals surface area contributed by atoms with Crippen LogP contribution >= 0.6 is 11.6 Å². The number of halogens is 1. The number of pyridine rings is 1. The molecule has 2 heterocycles. The number of anilines is 1.